The van der Waals surface area contributed by atoms with Crippen molar-refractivity contribution in [2.45, 2.75) is 51.0 Å². The monoisotopic (exact) mass is 301 g/mol. The Hall–Kier alpha value is -1.84. The van der Waals surface area contributed by atoms with Crippen LogP contribution < -0.4 is 0 Å². The number of hydrogen-bond acceptors (Lipinski definition) is 2. The minimum absolute atomic E-state index is 0.109. The summed E-state index contributed by atoms with van der Waals surface area (Å²) >= 11 is 0. The maximum Gasteiger partial charge on any atom is 0.308 e. The lowest BCUT2D eigenvalue weighted by Crippen LogP contribution is -2.38. The van der Waals surface area contributed by atoms with Crippen molar-refractivity contribution in [3.05, 3.63) is 35.4 Å². The van der Waals surface area contributed by atoms with E-state index >= 15 is 0 Å². The molecule has 3 unspecified atom stereocenters. The number of hydrogen-bond donors (Lipinski definition) is 1. The molecule has 1 aliphatic carbocycles. The molecule has 1 saturated heterocycles. The predicted octanol–water partition coefficient (Wildman–Crippen LogP) is 2.82. The van der Waals surface area contributed by atoms with Gasteiger partial charge in [0.2, 0.25) is 5.91 Å². The lowest BCUT2D eigenvalue weighted by Gasteiger charge is -2.29. The van der Waals surface area contributed by atoms with E-state index in [9.17, 15) is 14.7 Å². The van der Waals surface area contributed by atoms with Crippen LogP contribution in [0.4, 0.5) is 0 Å². The lowest BCUT2D eigenvalue weighted by atomic mass is 9.81. The summed E-state index contributed by atoms with van der Waals surface area (Å²) in [6.07, 6.45) is 4.36. The number of carbonyl (C=O) groups excluding carboxylic acids is 1. The van der Waals surface area contributed by atoms with E-state index < -0.39 is 11.9 Å². The second-order valence-electron chi connectivity index (χ2n) is 6.55. The first-order valence-corrected chi connectivity index (χ1v) is 8.18. The van der Waals surface area contributed by atoms with Crippen LogP contribution in [0, 0.1) is 5.92 Å². The molecule has 1 aromatic rings. The van der Waals surface area contributed by atoms with Crippen molar-refractivity contribution < 1.29 is 14.7 Å². The number of nitrogens with zero attached hydrogens (tertiary/aromatic N) is 1. The molecule has 2 aliphatic rings. The van der Waals surface area contributed by atoms with E-state index in [1.165, 1.54) is 11.1 Å². The summed E-state index contributed by atoms with van der Waals surface area (Å²) in [6.45, 7) is 2.43. The van der Waals surface area contributed by atoms with E-state index in [2.05, 4.69) is 18.2 Å². The van der Waals surface area contributed by atoms with E-state index in [1.54, 1.807) is 4.90 Å². The zero-order chi connectivity index (χ0) is 15.7. The molecule has 1 N–H and O–H groups in total. The lowest BCUT2D eigenvalue weighted by molar-refractivity contribution is -0.143. The molecule has 4 heteroatoms. The van der Waals surface area contributed by atoms with Crippen LogP contribution >= 0.6 is 0 Å². The number of carboxylic acids is 1. The van der Waals surface area contributed by atoms with Gasteiger partial charge in [0.15, 0.2) is 0 Å². The molecule has 0 saturated carbocycles. The number of aliphatic carboxylic acids is 1. The van der Waals surface area contributed by atoms with Gasteiger partial charge in [0.25, 0.3) is 0 Å². The van der Waals surface area contributed by atoms with Crippen molar-refractivity contribution >= 4 is 11.9 Å². The minimum atomic E-state index is -0.786. The molecule has 0 bridgehead atoms. The van der Waals surface area contributed by atoms with Gasteiger partial charge in [-0.15, -0.1) is 0 Å². The molecule has 0 spiro atoms. The van der Waals surface area contributed by atoms with E-state index in [0.717, 1.165) is 19.3 Å². The highest BCUT2D eigenvalue weighted by molar-refractivity contribution is 5.80. The number of amides is 1. The SMILES string of the molecule is CC1C(C(=O)O)CCN1C(=O)CC1CCCc2ccccc21. The standard InChI is InChI=1S/C18H23NO3/c1-12-15(18(21)22)9-10-19(12)17(20)11-14-7-4-6-13-5-2-3-8-16(13)14/h2-3,5,8,12,14-15H,4,6-7,9-11H2,1H3,(H,21,22). The number of likely N-dealkylation sites (tertiary alicyclic amines) is 1. The highest BCUT2D eigenvalue weighted by Crippen LogP contribution is 2.35. The van der Waals surface area contributed by atoms with Gasteiger partial charge >= 0.3 is 5.97 Å². The summed E-state index contributed by atoms with van der Waals surface area (Å²) in [6, 6.07) is 8.21. The van der Waals surface area contributed by atoms with Gasteiger partial charge in [-0.25, -0.2) is 0 Å². The Morgan fingerprint density at radius 2 is 2.05 bits per heavy atom. The van der Waals surface area contributed by atoms with Crippen molar-refractivity contribution in [2.75, 3.05) is 6.54 Å². The fraction of sp³-hybridized carbons (Fsp3) is 0.556. The van der Waals surface area contributed by atoms with Crippen LogP contribution in [-0.4, -0.2) is 34.5 Å². The zero-order valence-electron chi connectivity index (χ0n) is 13.0. The van der Waals surface area contributed by atoms with Crippen LogP contribution in [0.15, 0.2) is 24.3 Å². The van der Waals surface area contributed by atoms with Gasteiger partial charge < -0.3 is 10.0 Å². The molecule has 3 atom stereocenters. The van der Waals surface area contributed by atoms with Crippen molar-refractivity contribution in [1.82, 2.24) is 4.90 Å². The molecule has 1 aliphatic heterocycles. The Morgan fingerprint density at radius 1 is 1.27 bits per heavy atom. The van der Waals surface area contributed by atoms with Crippen LogP contribution in [0.3, 0.4) is 0 Å². The van der Waals surface area contributed by atoms with Crippen molar-refractivity contribution in [2.24, 2.45) is 5.92 Å². The number of benzene rings is 1. The van der Waals surface area contributed by atoms with Crippen molar-refractivity contribution in [3.63, 3.8) is 0 Å². The Labute approximate surface area is 131 Å². The van der Waals surface area contributed by atoms with Crippen LogP contribution in [0.5, 0.6) is 0 Å². The normalized spacial score (nSPS) is 27.5. The maximum atomic E-state index is 12.6. The second kappa shape index (κ2) is 6.11. The van der Waals surface area contributed by atoms with Gasteiger partial charge in [0, 0.05) is 19.0 Å². The Bertz CT molecular complexity index is 583. The molecule has 0 aromatic heterocycles. The van der Waals surface area contributed by atoms with Gasteiger partial charge in [-0.05, 0) is 49.7 Å². The fourth-order valence-corrected chi connectivity index (χ4v) is 4.02. The van der Waals surface area contributed by atoms with E-state index in [-0.39, 0.29) is 17.9 Å². The zero-order valence-corrected chi connectivity index (χ0v) is 13.0. The first kappa shape index (κ1) is 15.1. The van der Waals surface area contributed by atoms with Crippen LogP contribution in [0.25, 0.3) is 0 Å². The summed E-state index contributed by atoms with van der Waals surface area (Å²) in [7, 11) is 0. The Morgan fingerprint density at radius 3 is 2.77 bits per heavy atom. The largest absolute Gasteiger partial charge is 0.481 e. The number of carbonyl (C=O) groups is 2. The maximum absolute atomic E-state index is 12.6. The minimum Gasteiger partial charge on any atom is -0.481 e. The molecule has 4 nitrogen and oxygen atoms in total. The summed E-state index contributed by atoms with van der Waals surface area (Å²) < 4.78 is 0. The molecule has 1 fully saturated rings. The first-order valence-electron chi connectivity index (χ1n) is 8.18. The molecular formula is C18H23NO3. The molecule has 1 aromatic carbocycles. The number of carboxylic acid groups (broad SMARTS) is 1. The van der Waals surface area contributed by atoms with Crippen molar-refractivity contribution in [1.29, 1.82) is 0 Å². The van der Waals surface area contributed by atoms with Gasteiger partial charge in [0.1, 0.15) is 0 Å². The second-order valence-corrected chi connectivity index (χ2v) is 6.55. The molecular weight excluding hydrogens is 278 g/mol. The predicted molar refractivity (Wildman–Crippen MR) is 83.7 cm³/mol. The summed E-state index contributed by atoms with van der Waals surface area (Å²) in [4.78, 5) is 25.6. The third kappa shape index (κ3) is 2.74. The van der Waals surface area contributed by atoms with Gasteiger partial charge in [-0.3, -0.25) is 9.59 Å². The Balaban J connectivity index is 1.70. The smallest absolute Gasteiger partial charge is 0.308 e. The van der Waals surface area contributed by atoms with Crippen molar-refractivity contribution in [3.8, 4) is 0 Å². The average Bonchev–Trinajstić information content (AvgIpc) is 2.89. The average molecular weight is 301 g/mol. The molecule has 22 heavy (non-hydrogen) atoms. The van der Waals surface area contributed by atoms with Gasteiger partial charge in [-0.2, -0.15) is 0 Å². The van der Waals surface area contributed by atoms with E-state index in [1.807, 2.05) is 13.0 Å². The van der Waals surface area contributed by atoms with E-state index in [0.29, 0.717) is 19.4 Å². The molecule has 0 radical (unpaired) electrons. The summed E-state index contributed by atoms with van der Waals surface area (Å²) in [5.41, 5.74) is 2.67. The van der Waals surface area contributed by atoms with Crippen LogP contribution in [0.1, 0.15) is 49.7 Å². The fourth-order valence-electron chi connectivity index (χ4n) is 4.02. The third-order valence-corrected chi connectivity index (χ3v) is 5.31. The Kier molecular flexibility index (Phi) is 4.19. The number of aryl methyl sites for hydroxylation is 1. The quantitative estimate of drug-likeness (QED) is 0.934. The van der Waals surface area contributed by atoms with Crippen LogP contribution in [0.2, 0.25) is 0 Å². The van der Waals surface area contributed by atoms with Crippen LogP contribution in [-0.2, 0) is 16.0 Å². The number of fused-ring (bicyclic) bond motifs is 1. The molecule has 118 valence electrons. The molecule has 3 rings (SSSR count). The summed E-state index contributed by atoms with van der Waals surface area (Å²) in [5.74, 6) is -0.806. The van der Waals surface area contributed by atoms with E-state index in [4.69, 9.17) is 0 Å². The van der Waals surface area contributed by atoms with Gasteiger partial charge in [-0.1, -0.05) is 24.3 Å². The number of rotatable bonds is 3. The third-order valence-electron chi connectivity index (χ3n) is 5.31. The molecule has 1 heterocycles. The highest BCUT2D eigenvalue weighted by atomic mass is 16.4. The summed E-state index contributed by atoms with van der Waals surface area (Å²) in [5, 5.41) is 9.20. The highest BCUT2D eigenvalue weighted by Gasteiger charge is 2.38. The molecule has 1 amide bonds. The first-order chi connectivity index (χ1) is 10.6. The van der Waals surface area contributed by atoms with Gasteiger partial charge in [0.05, 0.1) is 5.92 Å². The topological polar surface area (TPSA) is 57.6 Å².